The van der Waals surface area contributed by atoms with Crippen molar-refractivity contribution in [2.45, 2.75) is 64.9 Å². The van der Waals surface area contributed by atoms with Crippen LogP contribution in [0.3, 0.4) is 0 Å². The maximum absolute atomic E-state index is 12.9. The van der Waals surface area contributed by atoms with Crippen molar-refractivity contribution in [3.63, 3.8) is 0 Å². The number of methoxy groups -OCH3 is 1. The Hall–Kier alpha value is -3.02. The molecular formula is C28H35NO5. The molecule has 2 aromatic rings. The quantitative estimate of drug-likeness (QED) is 0.635. The summed E-state index contributed by atoms with van der Waals surface area (Å²) in [5.41, 5.74) is 3.05. The number of Topliss-reactive ketones (excluding diaryl/α,β-unsaturated/α-hetero) is 1. The van der Waals surface area contributed by atoms with E-state index >= 15 is 0 Å². The molecule has 0 radical (unpaired) electrons. The van der Waals surface area contributed by atoms with Gasteiger partial charge in [0.1, 0.15) is 22.8 Å². The lowest BCUT2D eigenvalue weighted by atomic mass is 9.81. The summed E-state index contributed by atoms with van der Waals surface area (Å²) in [7, 11) is 1.64. The molecule has 0 aromatic heterocycles. The molecule has 0 unspecified atom stereocenters. The lowest BCUT2D eigenvalue weighted by molar-refractivity contribution is -0.137. The van der Waals surface area contributed by atoms with Gasteiger partial charge in [-0.25, -0.2) is 0 Å². The van der Waals surface area contributed by atoms with Crippen LogP contribution >= 0.6 is 0 Å². The van der Waals surface area contributed by atoms with Gasteiger partial charge < -0.3 is 19.1 Å². The Labute approximate surface area is 202 Å². The lowest BCUT2D eigenvalue weighted by Crippen LogP contribution is -2.53. The van der Waals surface area contributed by atoms with Gasteiger partial charge in [0.05, 0.1) is 19.1 Å². The van der Waals surface area contributed by atoms with Crippen molar-refractivity contribution in [2.24, 2.45) is 0 Å². The zero-order valence-electron chi connectivity index (χ0n) is 21.1. The summed E-state index contributed by atoms with van der Waals surface area (Å²) in [5, 5.41) is 0. The van der Waals surface area contributed by atoms with E-state index in [1.54, 1.807) is 7.11 Å². The van der Waals surface area contributed by atoms with Crippen LogP contribution in [-0.4, -0.2) is 49.0 Å². The van der Waals surface area contributed by atoms with E-state index in [9.17, 15) is 9.59 Å². The lowest BCUT2D eigenvalue weighted by Gasteiger charge is -2.44. The number of rotatable bonds is 4. The minimum absolute atomic E-state index is 0.0244. The number of hydrogen-bond donors (Lipinski definition) is 0. The standard InChI is InChI=1S/C28H35NO5/c1-18-13-19(2)26-21(14-18)23(30)16-28(34-26)9-11-29(12-10-28)25(31)17-33-24-8-7-20(32-6)15-22(24)27(3,4)5/h7-8,13-15H,9-12,16-17H2,1-6H3. The van der Waals surface area contributed by atoms with Crippen LogP contribution in [0.15, 0.2) is 30.3 Å². The smallest absolute Gasteiger partial charge is 0.260 e. The number of amides is 1. The second-order valence-electron chi connectivity index (χ2n) is 10.6. The Kier molecular flexibility index (Phi) is 6.36. The fourth-order valence-corrected chi connectivity index (χ4v) is 4.96. The number of ether oxygens (including phenoxy) is 3. The second-order valence-corrected chi connectivity index (χ2v) is 10.6. The molecule has 34 heavy (non-hydrogen) atoms. The largest absolute Gasteiger partial charge is 0.497 e. The van der Waals surface area contributed by atoms with Crippen LogP contribution in [0.2, 0.25) is 0 Å². The van der Waals surface area contributed by atoms with E-state index < -0.39 is 5.60 Å². The predicted molar refractivity (Wildman–Crippen MR) is 131 cm³/mol. The summed E-state index contributed by atoms with van der Waals surface area (Å²) in [4.78, 5) is 27.7. The van der Waals surface area contributed by atoms with Crippen LogP contribution in [0.4, 0.5) is 0 Å². The van der Waals surface area contributed by atoms with Crippen molar-refractivity contribution < 1.29 is 23.8 Å². The monoisotopic (exact) mass is 465 g/mol. The van der Waals surface area contributed by atoms with Crippen LogP contribution < -0.4 is 14.2 Å². The predicted octanol–water partition coefficient (Wildman–Crippen LogP) is 5.01. The number of carbonyl (C=O) groups is 2. The average molecular weight is 466 g/mol. The van der Waals surface area contributed by atoms with Crippen molar-refractivity contribution in [3.05, 3.63) is 52.6 Å². The van der Waals surface area contributed by atoms with Crippen molar-refractivity contribution in [3.8, 4) is 17.2 Å². The number of hydrogen-bond acceptors (Lipinski definition) is 5. The van der Waals surface area contributed by atoms with Gasteiger partial charge in [-0.3, -0.25) is 9.59 Å². The zero-order chi connectivity index (χ0) is 24.7. The summed E-state index contributed by atoms with van der Waals surface area (Å²) < 4.78 is 17.8. The molecule has 1 spiro atoms. The van der Waals surface area contributed by atoms with E-state index in [1.165, 1.54) is 0 Å². The highest BCUT2D eigenvalue weighted by atomic mass is 16.5. The van der Waals surface area contributed by atoms with Crippen molar-refractivity contribution in [1.29, 1.82) is 0 Å². The van der Waals surface area contributed by atoms with Gasteiger partial charge in [-0.1, -0.05) is 26.8 Å². The highest BCUT2D eigenvalue weighted by molar-refractivity contribution is 6.01. The Morgan fingerprint density at radius 2 is 1.82 bits per heavy atom. The first kappa shape index (κ1) is 24.1. The van der Waals surface area contributed by atoms with Gasteiger partial charge in [0.25, 0.3) is 5.91 Å². The molecule has 6 nitrogen and oxygen atoms in total. The third-order valence-corrected chi connectivity index (χ3v) is 6.89. The maximum atomic E-state index is 12.9. The normalized spacial score (nSPS) is 17.2. The number of ketones is 1. The Morgan fingerprint density at radius 1 is 1.12 bits per heavy atom. The molecule has 182 valence electrons. The Morgan fingerprint density at radius 3 is 2.47 bits per heavy atom. The first-order valence-electron chi connectivity index (χ1n) is 11.9. The molecule has 2 aliphatic rings. The van der Waals surface area contributed by atoms with E-state index in [1.807, 2.05) is 49.1 Å². The Balaban J connectivity index is 1.40. The number of nitrogens with zero attached hydrogens (tertiary/aromatic N) is 1. The molecule has 2 aliphatic heterocycles. The van der Waals surface area contributed by atoms with Crippen LogP contribution in [0.1, 0.15) is 67.1 Å². The summed E-state index contributed by atoms with van der Waals surface area (Å²) in [5.74, 6) is 2.24. The van der Waals surface area contributed by atoms with E-state index in [2.05, 4.69) is 20.8 Å². The van der Waals surface area contributed by atoms with Gasteiger partial charge in [0, 0.05) is 31.5 Å². The second kappa shape index (κ2) is 8.97. The van der Waals surface area contributed by atoms with Gasteiger partial charge in [-0.2, -0.15) is 0 Å². The number of fused-ring (bicyclic) bond motifs is 1. The molecule has 0 bridgehead atoms. The van der Waals surface area contributed by atoms with Gasteiger partial charge in [-0.05, 0) is 54.7 Å². The highest BCUT2D eigenvalue weighted by Gasteiger charge is 2.44. The molecule has 2 heterocycles. The molecule has 1 amide bonds. The summed E-state index contributed by atoms with van der Waals surface area (Å²) in [6.45, 7) is 11.4. The topological polar surface area (TPSA) is 65.1 Å². The van der Waals surface area contributed by atoms with Gasteiger partial charge >= 0.3 is 0 Å². The molecule has 0 atom stereocenters. The molecule has 6 heteroatoms. The van der Waals surface area contributed by atoms with Crippen molar-refractivity contribution in [1.82, 2.24) is 4.90 Å². The van der Waals surface area contributed by atoms with Gasteiger partial charge in [-0.15, -0.1) is 0 Å². The highest BCUT2D eigenvalue weighted by Crippen LogP contribution is 2.41. The summed E-state index contributed by atoms with van der Waals surface area (Å²) >= 11 is 0. The fourth-order valence-electron chi connectivity index (χ4n) is 4.96. The van der Waals surface area contributed by atoms with Crippen LogP contribution in [-0.2, 0) is 10.2 Å². The third kappa shape index (κ3) is 4.77. The number of benzene rings is 2. The number of likely N-dealkylation sites (tertiary alicyclic amines) is 1. The minimum Gasteiger partial charge on any atom is -0.497 e. The van der Waals surface area contributed by atoms with Gasteiger partial charge in [0.15, 0.2) is 12.4 Å². The maximum Gasteiger partial charge on any atom is 0.260 e. The zero-order valence-corrected chi connectivity index (χ0v) is 21.1. The van der Waals surface area contributed by atoms with Crippen LogP contribution in [0, 0.1) is 13.8 Å². The van der Waals surface area contributed by atoms with E-state index in [0.29, 0.717) is 49.4 Å². The Bertz CT molecular complexity index is 1110. The van der Waals surface area contributed by atoms with E-state index in [4.69, 9.17) is 14.2 Å². The molecule has 0 aliphatic carbocycles. The first-order chi connectivity index (χ1) is 16.0. The molecule has 1 fully saturated rings. The van der Waals surface area contributed by atoms with Crippen molar-refractivity contribution >= 4 is 11.7 Å². The molecule has 0 N–H and O–H groups in total. The number of aryl methyl sites for hydroxylation is 2. The van der Waals surface area contributed by atoms with Crippen molar-refractivity contribution in [2.75, 3.05) is 26.8 Å². The van der Waals surface area contributed by atoms with E-state index in [-0.39, 0.29) is 23.7 Å². The minimum atomic E-state index is -0.531. The third-order valence-electron chi connectivity index (χ3n) is 6.89. The van der Waals surface area contributed by atoms with E-state index in [0.717, 1.165) is 22.4 Å². The van der Waals surface area contributed by atoms with Crippen LogP contribution in [0.5, 0.6) is 17.2 Å². The molecule has 2 aromatic carbocycles. The fraction of sp³-hybridized carbons (Fsp3) is 0.500. The number of piperidine rings is 1. The average Bonchev–Trinajstić information content (AvgIpc) is 2.78. The number of carbonyl (C=O) groups excluding carboxylic acids is 2. The molecular weight excluding hydrogens is 430 g/mol. The molecule has 1 saturated heterocycles. The summed E-state index contributed by atoms with van der Waals surface area (Å²) in [6.07, 6.45) is 1.63. The molecule has 4 rings (SSSR count). The van der Waals surface area contributed by atoms with Gasteiger partial charge in [0.2, 0.25) is 0 Å². The SMILES string of the molecule is COc1ccc(OCC(=O)N2CCC3(CC2)CC(=O)c2cc(C)cc(C)c2O3)c(C(C)(C)C)c1. The van der Waals surface area contributed by atoms with Crippen LogP contribution in [0.25, 0.3) is 0 Å². The summed E-state index contributed by atoms with van der Waals surface area (Å²) in [6, 6.07) is 9.63. The molecule has 0 saturated carbocycles. The first-order valence-corrected chi connectivity index (χ1v) is 11.9.